The van der Waals surface area contributed by atoms with Gasteiger partial charge in [0.25, 0.3) is 11.7 Å². The standard InChI is InChI=1S/C29H28FNO4/c1-17-8-6-9-18(14-17)25-24(27(33)28(34)31(25)21-11-7-10-20(30)16-21)26(32)22-15-19(29(2,3)4)12-13-23(22)35-5/h6-16,25,32H,1-5H3/b26-24+. The third-order valence-electron chi connectivity index (χ3n) is 6.21. The van der Waals surface area contributed by atoms with Crippen LogP contribution in [0.4, 0.5) is 10.1 Å². The number of ether oxygens (including phenoxy) is 1. The number of aryl methyl sites for hydroxylation is 1. The summed E-state index contributed by atoms with van der Waals surface area (Å²) in [5.41, 5.74) is 2.70. The zero-order valence-corrected chi connectivity index (χ0v) is 20.4. The van der Waals surface area contributed by atoms with Gasteiger partial charge in [0.15, 0.2) is 0 Å². The topological polar surface area (TPSA) is 66.8 Å². The van der Waals surface area contributed by atoms with Crippen molar-refractivity contribution in [2.45, 2.75) is 39.2 Å². The summed E-state index contributed by atoms with van der Waals surface area (Å²) in [7, 11) is 1.48. The van der Waals surface area contributed by atoms with Crippen molar-refractivity contribution < 1.29 is 23.8 Å². The van der Waals surface area contributed by atoms with Crippen LogP contribution in [0.3, 0.4) is 0 Å². The number of carbonyl (C=O) groups excluding carboxylic acids is 2. The summed E-state index contributed by atoms with van der Waals surface area (Å²) in [4.78, 5) is 27.9. The number of benzene rings is 3. The second kappa shape index (κ2) is 9.02. The molecular weight excluding hydrogens is 445 g/mol. The number of carbonyl (C=O) groups is 2. The number of aliphatic hydroxyl groups excluding tert-OH is 1. The third-order valence-corrected chi connectivity index (χ3v) is 6.21. The Balaban J connectivity index is 2.01. The first-order valence-electron chi connectivity index (χ1n) is 11.3. The highest BCUT2D eigenvalue weighted by Crippen LogP contribution is 2.44. The summed E-state index contributed by atoms with van der Waals surface area (Å²) < 4.78 is 19.6. The van der Waals surface area contributed by atoms with Crippen LogP contribution in [0, 0.1) is 12.7 Å². The summed E-state index contributed by atoms with van der Waals surface area (Å²) in [5.74, 6) is -2.19. The molecule has 1 aliphatic rings. The van der Waals surface area contributed by atoms with Gasteiger partial charge in [-0.05, 0) is 53.8 Å². The van der Waals surface area contributed by atoms with Crippen molar-refractivity contribution >= 4 is 23.1 Å². The minimum absolute atomic E-state index is 0.0748. The Labute approximate surface area is 204 Å². The molecule has 3 aromatic carbocycles. The lowest BCUT2D eigenvalue weighted by atomic mass is 9.85. The molecule has 35 heavy (non-hydrogen) atoms. The van der Waals surface area contributed by atoms with Crippen LogP contribution in [0.25, 0.3) is 5.76 Å². The van der Waals surface area contributed by atoms with E-state index < -0.39 is 23.5 Å². The van der Waals surface area contributed by atoms with E-state index in [2.05, 4.69) is 0 Å². The number of methoxy groups -OCH3 is 1. The number of halogens is 1. The van der Waals surface area contributed by atoms with E-state index in [4.69, 9.17) is 4.74 Å². The van der Waals surface area contributed by atoms with Crippen LogP contribution in [-0.2, 0) is 15.0 Å². The number of aliphatic hydroxyl groups is 1. The number of rotatable bonds is 4. The Morgan fingerprint density at radius 3 is 2.34 bits per heavy atom. The fourth-order valence-electron chi connectivity index (χ4n) is 4.39. The molecule has 180 valence electrons. The molecule has 1 N–H and O–H groups in total. The van der Waals surface area contributed by atoms with Crippen molar-refractivity contribution in [2.24, 2.45) is 0 Å². The van der Waals surface area contributed by atoms with Crippen molar-refractivity contribution in [3.63, 3.8) is 0 Å². The smallest absolute Gasteiger partial charge is 0.300 e. The maximum atomic E-state index is 14.1. The average molecular weight is 474 g/mol. The third kappa shape index (κ3) is 4.44. The molecular formula is C29H28FNO4. The molecule has 3 aromatic rings. The predicted octanol–water partition coefficient (Wildman–Crippen LogP) is 6.07. The second-order valence-electron chi connectivity index (χ2n) is 9.73. The summed E-state index contributed by atoms with van der Waals surface area (Å²) >= 11 is 0. The number of amides is 1. The first-order valence-corrected chi connectivity index (χ1v) is 11.3. The number of anilines is 1. The zero-order chi connectivity index (χ0) is 25.5. The van der Waals surface area contributed by atoms with Gasteiger partial charge < -0.3 is 9.84 Å². The van der Waals surface area contributed by atoms with Crippen molar-refractivity contribution in [3.05, 3.63) is 100 Å². The van der Waals surface area contributed by atoms with Gasteiger partial charge >= 0.3 is 0 Å². The second-order valence-corrected chi connectivity index (χ2v) is 9.73. The maximum absolute atomic E-state index is 14.1. The zero-order valence-electron chi connectivity index (χ0n) is 20.4. The number of Topliss-reactive ketones (excluding diaryl/α,β-unsaturated/α-hetero) is 1. The van der Waals surface area contributed by atoms with Crippen LogP contribution in [0.1, 0.15) is 49.1 Å². The van der Waals surface area contributed by atoms with Gasteiger partial charge in [-0.25, -0.2) is 4.39 Å². The quantitative estimate of drug-likeness (QED) is 0.284. The Bertz CT molecular complexity index is 1350. The molecule has 0 spiro atoms. The lowest BCUT2D eigenvalue weighted by Crippen LogP contribution is -2.29. The van der Waals surface area contributed by atoms with Crippen LogP contribution in [-0.4, -0.2) is 23.9 Å². The minimum Gasteiger partial charge on any atom is -0.507 e. The van der Waals surface area contributed by atoms with Crippen LogP contribution in [0.15, 0.2) is 72.3 Å². The molecule has 1 heterocycles. The lowest BCUT2D eigenvalue weighted by Gasteiger charge is -2.26. The summed E-state index contributed by atoms with van der Waals surface area (Å²) in [6, 6.07) is 17.3. The fraction of sp³-hybridized carbons (Fsp3) is 0.241. The van der Waals surface area contributed by atoms with Crippen molar-refractivity contribution in [2.75, 3.05) is 12.0 Å². The molecule has 4 rings (SSSR count). The summed E-state index contributed by atoms with van der Waals surface area (Å²) in [5, 5.41) is 11.6. The van der Waals surface area contributed by atoms with Gasteiger partial charge in [0.1, 0.15) is 17.3 Å². The van der Waals surface area contributed by atoms with E-state index in [0.717, 1.165) is 11.1 Å². The molecule has 1 unspecified atom stereocenters. The fourth-order valence-corrected chi connectivity index (χ4v) is 4.39. The number of nitrogens with zero attached hydrogens (tertiary/aromatic N) is 1. The molecule has 1 fully saturated rings. The highest BCUT2D eigenvalue weighted by molar-refractivity contribution is 6.51. The number of hydrogen-bond acceptors (Lipinski definition) is 4. The van der Waals surface area contributed by atoms with Gasteiger partial charge in [-0.2, -0.15) is 0 Å². The highest BCUT2D eigenvalue weighted by Gasteiger charge is 2.47. The Morgan fingerprint density at radius 2 is 1.71 bits per heavy atom. The molecule has 1 saturated heterocycles. The predicted molar refractivity (Wildman–Crippen MR) is 134 cm³/mol. The number of ketones is 1. The first kappa shape index (κ1) is 24.2. The molecule has 1 amide bonds. The van der Waals surface area contributed by atoms with Gasteiger partial charge in [-0.3, -0.25) is 14.5 Å². The van der Waals surface area contributed by atoms with Gasteiger partial charge in [-0.15, -0.1) is 0 Å². The SMILES string of the molecule is COc1ccc(C(C)(C)C)cc1/C(O)=C1\C(=O)C(=O)N(c2cccc(F)c2)C1c1cccc(C)c1. The molecule has 0 aromatic heterocycles. The highest BCUT2D eigenvalue weighted by atomic mass is 19.1. The van der Waals surface area contributed by atoms with Gasteiger partial charge in [0.2, 0.25) is 0 Å². The van der Waals surface area contributed by atoms with Crippen molar-refractivity contribution in [1.82, 2.24) is 0 Å². The normalized spacial score (nSPS) is 17.7. The van der Waals surface area contributed by atoms with E-state index in [0.29, 0.717) is 16.9 Å². The minimum atomic E-state index is -0.945. The largest absolute Gasteiger partial charge is 0.507 e. The molecule has 5 nitrogen and oxygen atoms in total. The van der Waals surface area contributed by atoms with E-state index in [1.165, 1.54) is 30.2 Å². The average Bonchev–Trinajstić information content (AvgIpc) is 3.08. The van der Waals surface area contributed by atoms with Crippen LogP contribution >= 0.6 is 0 Å². The van der Waals surface area contributed by atoms with E-state index in [1.807, 2.05) is 52.0 Å². The van der Waals surface area contributed by atoms with Crippen LogP contribution < -0.4 is 9.64 Å². The summed E-state index contributed by atoms with van der Waals surface area (Å²) in [6.45, 7) is 8.00. The molecule has 0 bridgehead atoms. The van der Waals surface area contributed by atoms with Gasteiger partial charge in [0.05, 0.1) is 24.3 Å². The van der Waals surface area contributed by atoms with Gasteiger partial charge in [0, 0.05) is 5.69 Å². The summed E-state index contributed by atoms with van der Waals surface area (Å²) in [6.07, 6.45) is 0. The van der Waals surface area contributed by atoms with Gasteiger partial charge in [-0.1, -0.05) is 62.7 Å². The Kier molecular flexibility index (Phi) is 6.24. The van der Waals surface area contributed by atoms with Crippen molar-refractivity contribution in [3.8, 4) is 5.75 Å². The first-order chi connectivity index (χ1) is 16.5. The molecule has 0 saturated carbocycles. The monoisotopic (exact) mass is 473 g/mol. The molecule has 0 radical (unpaired) electrons. The van der Waals surface area contributed by atoms with E-state index >= 15 is 0 Å². The molecule has 6 heteroatoms. The van der Waals surface area contributed by atoms with Crippen LogP contribution in [0.5, 0.6) is 5.75 Å². The molecule has 0 aliphatic carbocycles. The Morgan fingerprint density at radius 1 is 1.00 bits per heavy atom. The van der Waals surface area contributed by atoms with Crippen LogP contribution in [0.2, 0.25) is 0 Å². The maximum Gasteiger partial charge on any atom is 0.300 e. The lowest BCUT2D eigenvalue weighted by molar-refractivity contribution is -0.132. The van der Waals surface area contributed by atoms with Crippen molar-refractivity contribution in [1.29, 1.82) is 0 Å². The Hall–Kier alpha value is -3.93. The van der Waals surface area contributed by atoms with E-state index in [9.17, 15) is 19.1 Å². The van der Waals surface area contributed by atoms with E-state index in [-0.39, 0.29) is 22.4 Å². The molecule has 1 atom stereocenters. The molecule has 1 aliphatic heterocycles. The number of hydrogen-bond donors (Lipinski definition) is 1. The van der Waals surface area contributed by atoms with E-state index in [1.54, 1.807) is 24.3 Å².